The first-order chi connectivity index (χ1) is 18.7. The van der Waals surface area contributed by atoms with Crippen LogP contribution in [-0.2, 0) is 6.54 Å². The summed E-state index contributed by atoms with van der Waals surface area (Å²) in [5.41, 5.74) is 8.43. The van der Waals surface area contributed by atoms with E-state index in [1.807, 2.05) is 60.4 Å². The highest BCUT2D eigenvalue weighted by Gasteiger charge is 2.26. The maximum absolute atomic E-state index is 14.1. The molecule has 4 aromatic rings. The quantitative estimate of drug-likeness (QED) is 0.294. The van der Waals surface area contributed by atoms with E-state index in [9.17, 15) is 4.79 Å². The number of fused-ring (bicyclic) bond motifs is 1. The van der Waals surface area contributed by atoms with Gasteiger partial charge >= 0.3 is 0 Å². The summed E-state index contributed by atoms with van der Waals surface area (Å²) < 4.78 is 0. The monoisotopic (exact) mass is 499 g/mol. The Morgan fingerprint density at radius 3 is 2.24 bits per heavy atom. The number of hydrogen-bond acceptors (Lipinski definition) is 3. The van der Waals surface area contributed by atoms with Crippen LogP contribution in [-0.4, -0.2) is 30.4 Å². The summed E-state index contributed by atoms with van der Waals surface area (Å²) in [5, 5.41) is 3.26. The van der Waals surface area contributed by atoms with Gasteiger partial charge in [-0.25, -0.2) is 0 Å². The Labute approximate surface area is 225 Å². The van der Waals surface area contributed by atoms with Gasteiger partial charge < -0.3 is 15.1 Å². The summed E-state index contributed by atoms with van der Waals surface area (Å²) in [4.78, 5) is 18.4. The third kappa shape index (κ3) is 5.40. The SMILES string of the molecule is C=CN/C(=C\C)CN1CCN(C(=O)c2ccccc2-c2ccccc2)Cc2cc(-c3ccccc3)ccc21. The Kier molecular flexibility index (Phi) is 7.70. The van der Waals surface area contributed by atoms with Crippen LogP contribution in [0.2, 0.25) is 0 Å². The Bertz CT molecular complexity index is 1440. The first kappa shape index (κ1) is 25.1. The second kappa shape index (κ2) is 11.7. The predicted molar refractivity (Wildman–Crippen MR) is 158 cm³/mol. The fourth-order valence-corrected chi connectivity index (χ4v) is 5.08. The molecule has 1 heterocycles. The molecule has 1 aliphatic heterocycles. The number of allylic oxidation sites excluding steroid dienone is 1. The van der Waals surface area contributed by atoms with E-state index in [2.05, 4.69) is 77.5 Å². The molecule has 1 amide bonds. The lowest BCUT2D eigenvalue weighted by molar-refractivity contribution is 0.0752. The van der Waals surface area contributed by atoms with Crippen molar-refractivity contribution in [3.63, 3.8) is 0 Å². The van der Waals surface area contributed by atoms with Gasteiger partial charge in [-0.3, -0.25) is 4.79 Å². The summed E-state index contributed by atoms with van der Waals surface area (Å²) in [7, 11) is 0. The minimum absolute atomic E-state index is 0.0536. The van der Waals surface area contributed by atoms with Crippen molar-refractivity contribution in [1.29, 1.82) is 0 Å². The van der Waals surface area contributed by atoms with Crippen LogP contribution in [0.5, 0.6) is 0 Å². The van der Waals surface area contributed by atoms with Crippen LogP contribution in [0.4, 0.5) is 5.69 Å². The normalized spacial score (nSPS) is 13.4. The number of carbonyl (C=O) groups is 1. The van der Waals surface area contributed by atoms with E-state index in [-0.39, 0.29) is 5.91 Å². The van der Waals surface area contributed by atoms with Gasteiger partial charge in [-0.2, -0.15) is 0 Å². The predicted octanol–water partition coefficient (Wildman–Crippen LogP) is 7.12. The highest BCUT2D eigenvalue weighted by Crippen LogP contribution is 2.32. The molecule has 0 saturated heterocycles. The average Bonchev–Trinajstić information content (AvgIpc) is 3.16. The fraction of sp³-hybridized carbons (Fsp3) is 0.147. The van der Waals surface area contributed by atoms with E-state index in [1.165, 1.54) is 5.56 Å². The van der Waals surface area contributed by atoms with E-state index in [4.69, 9.17) is 0 Å². The van der Waals surface area contributed by atoms with E-state index < -0.39 is 0 Å². The summed E-state index contributed by atoms with van der Waals surface area (Å²) in [6.45, 7) is 8.47. The largest absolute Gasteiger partial charge is 0.364 e. The van der Waals surface area contributed by atoms with Gasteiger partial charge in [-0.1, -0.05) is 97.6 Å². The fourth-order valence-electron chi connectivity index (χ4n) is 5.08. The van der Waals surface area contributed by atoms with E-state index in [1.54, 1.807) is 6.20 Å². The molecule has 4 heteroatoms. The minimum Gasteiger partial charge on any atom is -0.364 e. The molecule has 0 aliphatic carbocycles. The molecule has 0 radical (unpaired) electrons. The van der Waals surface area contributed by atoms with Crippen molar-refractivity contribution >= 4 is 11.6 Å². The highest BCUT2D eigenvalue weighted by atomic mass is 16.2. The van der Waals surface area contributed by atoms with Crippen LogP contribution in [0.15, 0.2) is 128 Å². The maximum Gasteiger partial charge on any atom is 0.254 e. The number of nitrogens with one attached hydrogen (secondary N) is 1. The number of benzene rings is 4. The molecule has 0 bridgehead atoms. The molecule has 0 unspecified atom stereocenters. The zero-order valence-corrected chi connectivity index (χ0v) is 21.8. The number of amides is 1. The molecule has 1 aliphatic rings. The molecule has 0 spiro atoms. The summed E-state index contributed by atoms with van der Waals surface area (Å²) in [6, 6.07) is 35.1. The van der Waals surface area contributed by atoms with Crippen molar-refractivity contribution in [3.8, 4) is 22.3 Å². The van der Waals surface area contributed by atoms with Crippen molar-refractivity contribution in [1.82, 2.24) is 10.2 Å². The molecule has 1 N–H and O–H groups in total. The number of nitrogens with zero attached hydrogens (tertiary/aromatic N) is 2. The Hall–Kier alpha value is -4.57. The number of hydrogen-bond donors (Lipinski definition) is 1. The lowest BCUT2D eigenvalue weighted by Crippen LogP contribution is -2.37. The van der Waals surface area contributed by atoms with Crippen LogP contribution >= 0.6 is 0 Å². The zero-order chi connectivity index (χ0) is 26.3. The summed E-state index contributed by atoms with van der Waals surface area (Å²) >= 11 is 0. The molecule has 5 rings (SSSR count). The van der Waals surface area contributed by atoms with Crippen LogP contribution < -0.4 is 10.2 Å². The van der Waals surface area contributed by atoms with Gasteiger partial charge in [-0.15, -0.1) is 0 Å². The van der Waals surface area contributed by atoms with Crippen molar-refractivity contribution in [3.05, 3.63) is 139 Å². The van der Waals surface area contributed by atoms with Gasteiger partial charge in [0.15, 0.2) is 0 Å². The van der Waals surface area contributed by atoms with Crippen LogP contribution in [0.25, 0.3) is 22.3 Å². The molecule has 0 atom stereocenters. The van der Waals surface area contributed by atoms with Crippen molar-refractivity contribution in [2.45, 2.75) is 13.5 Å². The van der Waals surface area contributed by atoms with Gasteiger partial charge in [0, 0.05) is 36.6 Å². The Morgan fingerprint density at radius 2 is 1.53 bits per heavy atom. The maximum atomic E-state index is 14.1. The Balaban J connectivity index is 1.52. The summed E-state index contributed by atoms with van der Waals surface area (Å²) in [6.07, 6.45) is 3.78. The molecule has 4 nitrogen and oxygen atoms in total. The van der Waals surface area contributed by atoms with Crippen LogP contribution in [0.3, 0.4) is 0 Å². The molecule has 190 valence electrons. The lowest BCUT2D eigenvalue weighted by Gasteiger charge is -2.26. The van der Waals surface area contributed by atoms with Gasteiger partial charge in [0.25, 0.3) is 5.91 Å². The van der Waals surface area contributed by atoms with Crippen molar-refractivity contribution in [2.24, 2.45) is 0 Å². The summed E-state index contributed by atoms with van der Waals surface area (Å²) in [5.74, 6) is 0.0536. The number of anilines is 1. The standard InChI is InChI=1S/C34H33N3O/c1-3-30(35-4-2)25-36-21-22-37(24-29-23-28(19-20-33(29)36)26-13-7-5-8-14-26)34(38)32-18-12-11-17-31(32)27-15-9-6-10-16-27/h3-20,23,35H,2,21-22,24-25H2,1H3/b30-3-. The topological polar surface area (TPSA) is 35.6 Å². The van der Waals surface area contributed by atoms with E-state index >= 15 is 0 Å². The first-order valence-electron chi connectivity index (χ1n) is 13.1. The second-order valence-electron chi connectivity index (χ2n) is 9.43. The van der Waals surface area contributed by atoms with Gasteiger partial charge in [0.05, 0.1) is 6.54 Å². The molecule has 0 fully saturated rings. The first-order valence-corrected chi connectivity index (χ1v) is 13.1. The van der Waals surface area contributed by atoms with Gasteiger partial charge in [0.2, 0.25) is 0 Å². The smallest absolute Gasteiger partial charge is 0.254 e. The number of rotatable bonds is 7. The highest BCUT2D eigenvalue weighted by molar-refractivity contribution is 6.01. The third-order valence-electron chi connectivity index (χ3n) is 7.05. The molecular formula is C34H33N3O. The third-order valence-corrected chi connectivity index (χ3v) is 7.05. The zero-order valence-electron chi connectivity index (χ0n) is 21.8. The Morgan fingerprint density at radius 1 is 0.842 bits per heavy atom. The second-order valence-corrected chi connectivity index (χ2v) is 9.43. The van der Waals surface area contributed by atoms with E-state index in [0.29, 0.717) is 19.6 Å². The van der Waals surface area contributed by atoms with Crippen molar-refractivity contribution < 1.29 is 4.79 Å². The number of carbonyl (C=O) groups excluding carboxylic acids is 1. The average molecular weight is 500 g/mol. The molecule has 0 aromatic heterocycles. The molecule has 4 aromatic carbocycles. The molecular weight excluding hydrogens is 466 g/mol. The molecule has 38 heavy (non-hydrogen) atoms. The van der Waals surface area contributed by atoms with E-state index in [0.717, 1.165) is 45.7 Å². The van der Waals surface area contributed by atoms with Crippen LogP contribution in [0, 0.1) is 0 Å². The van der Waals surface area contributed by atoms with Crippen molar-refractivity contribution in [2.75, 3.05) is 24.5 Å². The minimum atomic E-state index is 0.0536. The molecule has 0 saturated carbocycles. The van der Waals surface area contributed by atoms with Gasteiger partial charge in [0.1, 0.15) is 0 Å². The lowest BCUT2D eigenvalue weighted by atomic mass is 9.98. The van der Waals surface area contributed by atoms with Gasteiger partial charge in [-0.05, 0) is 59.1 Å². The van der Waals surface area contributed by atoms with Crippen LogP contribution in [0.1, 0.15) is 22.8 Å².